The van der Waals surface area contributed by atoms with Crippen molar-refractivity contribution >= 4 is 23.7 Å². The molecule has 36 heavy (non-hydrogen) atoms. The van der Waals surface area contributed by atoms with E-state index in [2.05, 4.69) is 16.1 Å². The molecule has 3 amide bonds. The highest BCUT2D eigenvalue weighted by atomic mass is 35.5. The summed E-state index contributed by atoms with van der Waals surface area (Å²) in [6.07, 6.45) is 3.90. The third-order valence-electron chi connectivity index (χ3n) is 7.12. The van der Waals surface area contributed by atoms with Crippen LogP contribution in [0.2, 0.25) is 5.02 Å². The Morgan fingerprint density at radius 3 is 2.81 bits per heavy atom. The fourth-order valence-electron chi connectivity index (χ4n) is 5.26. The molecule has 2 heterocycles. The van der Waals surface area contributed by atoms with Crippen molar-refractivity contribution < 1.29 is 23.9 Å². The number of nitrogens with zero attached hydrogens (tertiary/aromatic N) is 1. The monoisotopic (exact) mass is 524 g/mol. The molecule has 1 unspecified atom stereocenters. The van der Waals surface area contributed by atoms with Crippen molar-refractivity contribution in [3.05, 3.63) is 34.9 Å². The Bertz CT molecular complexity index is 838. The third kappa shape index (κ3) is 8.23. The molecule has 3 N–H and O–H groups in total. The number of urea groups is 1. The molecule has 202 valence electrons. The molecule has 0 aliphatic carbocycles. The molecule has 5 atom stereocenters. The largest absolute Gasteiger partial charge is 0.448 e. The maximum Gasteiger partial charge on any atom is 0.431 e. The summed E-state index contributed by atoms with van der Waals surface area (Å²) in [6.45, 7) is 6.68. The van der Waals surface area contributed by atoms with Gasteiger partial charge in [-0.1, -0.05) is 23.7 Å². The van der Waals surface area contributed by atoms with Crippen LogP contribution in [-0.2, 0) is 14.3 Å². The topological polar surface area (TPSA) is 101 Å². The first-order valence-corrected chi connectivity index (χ1v) is 13.4. The molecule has 9 nitrogen and oxygen atoms in total. The van der Waals surface area contributed by atoms with Crippen LogP contribution in [0.3, 0.4) is 0 Å². The van der Waals surface area contributed by atoms with E-state index in [0.717, 1.165) is 50.9 Å². The fourth-order valence-corrected chi connectivity index (χ4v) is 5.46. The van der Waals surface area contributed by atoms with E-state index in [9.17, 15) is 9.59 Å². The number of halogens is 1. The van der Waals surface area contributed by atoms with Crippen LogP contribution in [0.15, 0.2) is 24.3 Å². The van der Waals surface area contributed by atoms with E-state index in [0.29, 0.717) is 24.0 Å². The number of nitrogens with one attached hydrogen (secondary N) is 3. The Balaban J connectivity index is 1.70. The number of carbonyl (C=O) groups is 2. The summed E-state index contributed by atoms with van der Waals surface area (Å²) in [6, 6.07) is 7.40. The van der Waals surface area contributed by atoms with E-state index in [1.807, 2.05) is 43.1 Å². The van der Waals surface area contributed by atoms with E-state index in [1.165, 1.54) is 0 Å². The second-order valence-corrected chi connectivity index (χ2v) is 10.1. The SMILES string of the molecule is CCOC(=O)NOC(C)[C@@H]1CCCN(C(=O)NC[C@H](C[C@@H]2CCCOC2)NC)[C@H]1c1cccc(Cl)c1. The Morgan fingerprint density at radius 2 is 2.11 bits per heavy atom. The minimum absolute atomic E-state index is 0.0515. The quantitative estimate of drug-likeness (QED) is 0.395. The highest BCUT2D eigenvalue weighted by Gasteiger charge is 2.39. The van der Waals surface area contributed by atoms with Crippen molar-refractivity contribution in [2.45, 2.75) is 64.1 Å². The Morgan fingerprint density at radius 1 is 1.28 bits per heavy atom. The van der Waals surface area contributed by atoms with Crippen molar-refractivity contribution in [2.24, 2.45) is 11.8 Å². The van der Waals surface area contributed by atoms with Gasteiger partial charge in [-0.05, 0) is 76.6 Å². The summed E-state index contributed by atoms with van der Waals surface area (Å²) >= 11 is 6.33. The average molecular weight is 525 g/mol. The van der Waals surface area contributed by atoms with E-state index >= 15 is 0 Å². The van der Waals surface area contributed by atoms with Crippen molar-refractivity contribution in [1.29, 1.82) is 0 Å². The lowest BCUT2D eigenvalue weighted by Crippen LogP contribution is -2.52. The first-order chi connectivity index (χ1) is 17.4. The van der Waals surface area contributed by atoms with Gasteiger partial charge in [-0.25, -0.2) is 9.59 Å². The standard InChI is InChI=1S/C26H41ClN4O5/c1-4-35-26(33)30-36-18(2)23-11-6-12-31(24(23)20-9-5-10-21(27)15-20)25(32)29-16-22(28-3)14-19-8-7-13-34-17-19/h5,9-10,15,18-19,22-24,28H,4,6-8,11-14,16-17H2,1-3H3,(H,29,32)(H,30,33)/t18?,19-,22-,23-,24-/m0/s1. The van der Waals surface area contributed by atoms with Crippen LogP contribution in [0.5, 0.6) is 0 Å². The van der Waals surface area contributed by atoms with Gasteiger partial charge in [-0.2, -0.15) is 5.48 Å². The first kappa shape index (κ1) is 28.5. The third-order valence-corrected chi connectivity index (χ3v) is 7.35. The van der Waals surface area contributed by atoms with Crippen LogP contribution in [0, 0.1) is 11.8 Å². The zero-order valence-electron chi connectivity index (χ0n) is 21.6. The van der Waals surface area contributed by atoms with Gasteiger partial charge in [0.05, 0.1) is 18.8 Å². The lowest BCUT2D eigenvalue weighted by atomic mass is 9.81. The van der Waals surface area contributed by atoms with E-state index in [4.69, 9.17) is 25.9 Å². The number of hydroxylamine groups is 1. The van der Waals surface area contributed by atoms with Gasteiger partial charge in [-0.3, -0.25) is 4.84 Å². The Kier molecular flexibility index (Phi) is 11.6. The van der Waals surface area contributed by atoms with Crippen LogP contribution in [0.4, 0.5) is 9.59 Å². The number of hydrogen-bond acceptors (Lipinski definition) is 6. The molecule has 2 saturated heterocycles. The van der Waals surface area contributed by atoms with Crippen molar-refractivity contribution in [3.8, 4) is 0 Å². The number of ether oxygens (including phenoxy) is 2. The van der Waals surface area contributed by atoms with Gasteiger partial charge in [0.15, 0.2) is 0 Å². The van der Waals surface area contributed by atoms with Gasteiger partial charge in [0, 0.05) is 43.3 Å². The summed E-state index contributed by atoms with van der Waals surface area (Å²) in [5.74, 6) is 0.459. The van der Waals surface area contributed by atoms with Crippen LogP contribution in [-0.4, -0.2) is 69.1 Å². The first-order valence-electron chi connectivity index (χ1n) is 13.1. The van der Waals surface area contributed by atoms with Gasteiger partial charge in [0.25, 0.3) is 0 Å². The predicted octanol–water partition coefficient (Wildman–Crippen LogP) is 4.27. The second-order valence-electron chi connectivity index (χ2n) is 9.64. The molecule has 2 fully saturated rings. The minimum atomic E-state index is -0.629. The molecular weight excluding hydrogens is 484 g/mol. The molecular formula is C26H41ClN4O5. The summed E-state index contributed by atoms with van der Waals surface area (Å²) in [4.78, 5) is 32.8. The summed E-state index contributed by atoms with van der Waals surface area (Å²) in [7, 11) is 1.93. The summed E-state index contributed by atoms with van der Waals surface area (Å²) < 4.78 is 10.5. The van der Waals surface area contributed by atoms with Crippen LogP contribution in [0.25, 0.3) is 0 Å². The number of carbonyl (C=O) groups excluding carboxylic acids is 2. The maximum absolute atomic E-state index is 13.5. The molecule has 10 heteroatoms. The molecule has 1 aromatic rings. The minimum Gasteiger partial charge on any atom is -0.448 e. The fraction of sp³-hybridized carbons (Fsp3) is 0.692. The van der Waals surface area contributed by atoms with Gasteiger partial charge in [-0.15, -0.1) is 0 Å². The van der Waals surface area contributed by atoms with Gasteiger partial charge >= 0.3 is 12.1 Å². The number of piperidine rings is 1. The summed E-state index contributed by atoms with van der Waals surface area (Å²) in [5.41, 5.74) is 3.31. The number of rotatable bonds is 10. The number of hydrogen-bond donors (Lipinski definition) is 3. The number of amides is 3. The lowest BCUT2D eigenvalue weighted by Gasteiger charge is -2.43. The van der Waals surface area contributed by atoms with E-state index in [-0.39, 0.29) is 36.7 Å². The zero-order valence-corrected chi connectivity index (χ0v) is 22.4. The van der Waals surface area contributed by atoms with Gasteiger partial charge < -0.3 is 25.0 Å². The number of benzene rings is 1. The average Bonchev–Trinajstić information content (AvgIpc) is 2.89. The molecule has 3 rings (SSSR count). The Labute approximate surface area is 219 Å². The molecule has 2 aliphatic heterocycles. The van der Waals surface area contributed by atoms with Crippen molar-refractivity contribution in [1.82, 2.24) is 21.0 Å². The van der Waals surface area contributed by atoms with Gasteiger partial charge in [0.2, 0.25) is 0 Å². The molecule has 0 saturated carbocycles. The second kappa shape index (κ2) is 14.6. The van der Waals surface area contributed by atoms with E-state index < -0.39 is 6.09 Å². The molecule has 0 radical (unpaired) electrons. The summed E-state index contributed by atoms with van der Waals surface area (Å²) in [5, 5.41) is 7.11. The normalized spacial score (nSPS) is 24.0. The van der Waals surface area contributed by atoms with Crippen molar-refractivity contribution in [3.63, 3.8) is 0 Å². The zero-order chi connectivity index (χ0) is 25.9. The number of likely N-dealkylation sites (tertiary alicyclic amines) is 1. The smallest absolute Gasteiger partial charge is 0.431 e. The van der Waals surface area contributed by atoms with E-state index in [1.54, 1.807) is 6.92 Å². The lowest BCUT2D eigenvalue weighted by molar-refractivity contribution is -0.0675. The van der Waals surface area contributed by atoms with Gasteiger partial charge in [0.1, 0.15) is 0 Å². The maximum atomic E-state index is 13.5. The highest BCUT2D eigenvalue weighted by Crippen LogP contribution is 2.39. The molecule has 1 aromatic carbocycles. The van der Waals surface area contributed by atoms with Crippen LogP contribution >= 0.6 is 11.6 Å². The Hall–Kier alpha value is -2.07. The molecule has 0 aromatic heterocycles. The molecule has 2 aliphatic rings. The number of likely N-dealkylation sites (N-methyl/N-ethyl adjacent to an activating group) is 1. The molecule has 0 spiro atoms. The molecule has 0 bridgehead atoms. The highest BCUT2D eigenvalue weighted by molar-refractivity contribution is 6.30. The predicted molar refractivity (Wildman–Crippen MR) is 139 cm³/mol. The van der Waals surface area contributed by atoms with Crippen LogP contribution in [0.1, 0.15) is 57.6 Å². The van der Waals surface area contributed by atoms with Crippen LogP contribution < -0.4 is 16.1 Å². The van der Waals surface area contributed by atoms with Crippen molar-refractivity contribution in [2.75, 3.05) is 40.0 Å².